The smallest absolute Gasteiger partial charge is 0.127 e. The van der Waals surface area contributed by atoms with Gasteiger partial charge in [0.1, 0.15) is 11.5 Å². The molecule has 0 aliphatic rings. The molecule has 2 aromatic carbocycles. The molecular formula is C18H23NO. The number of hydrogen-bond donors (Lipinski definition) is 1. The highest BCUT2D eigenvalue weighted by atomic mass is 16.5. The van der Waals surface area contributed by atoms with Gasteiger partial charge in [-0.25, -0.2) is 0 Å². The SMILES string of the molecule is CCNC(CC)c1cccc(Oc2cccc(C)c2)c1. The van der Waals surface area contributed by atoms with Crippen LogP contribution in [0.1, 0.15) is 37.4 Å². The molecule has 0 amide bonds. The Hall–Kier alpha value is -1.80. The van der Waals surface area contributed by atoms with Crippen molar-refractivity contribution in [2.75, 3.05) is 6.54 Å². The molecule has 0 fully saturated rings. The van der Waals surface area contributed by atoms with Crippen LogP contribution in [-0.4, -0.2) is 6.54 Å². The number of aryl methyl sites for hydroxylation is 1. The zero-order valence-corrected chi connectivity index (χ0v) is 12.5. The van der Waals surface area contributed by atoms with E-state index in [-0.39, 0.29) is 0 Å². The highest BCUT2D eigenvalue weighted by molar-refractivity contribution is 5.36. The van der Waals surface area contributed by atoms with Crippen molar-refractivity contribution in [1.82, 2.24) is 5.32 Å². The van der Waals surface area contributed by atoms with Crippen molar-refractivity contribution in [2.24, 2.45) is 0 Å². The van der Waals surface area contributed by atoms with Gasteiger partial charge in [0.05, 0.1) is 0 Å². The lowest BCUT2D eigenvalue weighted by Crippen LogP contribution is -2.19. The molecule has 0 spiro atoms. The van der Waals surface area contributed by atoms with Gasteiger partial charge in [0.2, 0.25) is 0 Å². The minimum Gasteiger partial charge on any atom is -0.457 e. The van der Waals surface area contributed by atoms with Crippen LogP contribution in [0.5, 0.6) is 11.5 Å². The van der Waals surface area contributed by atoms with Crippen LogP contribution in [0.4, 0.5) is 0 Å². The molecule has 0 saturated carbocycles. The number of ether oxygens (including phenoxy) is 1. The Labute approximate surface area is 121 Å². The normalized spacial score (nSPS) is 12.2. The number of nitrogens with one attached hydrogen (secondary N) is 1. The van der Waals surface area contributed by atoms with Gasteiger partial charge >= 0.3 is 0 Å². The van der Waals surface area contributed by atoms with E-state index in [0.717, 1.165) is 24.5 Å². The van der Waals surface area contributed by atoms with Crippen LogP contribution in [0, 0.1) is 6.92 Å². The van der Waals surface area contributed by atoms with Crippen molar-refractivity contribution in [2.45, 2.75) is 33.2 Å². The summed E-state index contributed by atoms with van der Waals surface area (Å²) in [7, 11) is 0. The summed E-state index contributed by atoms with van der Waals surface area (Å²) in [6, 6.07) is 16.9. The van der Waals surface area contributed by atoms with E-state index in [1.54, 1.807) is 0 Å². The van der Waals surface area contributed by atoms with Crippen LogP contribution in [0.3, 0.4) is 0 Å². The fourth-order valence-electron chi connectivity index (χ4n) is 2.35. The van der Waals surface area contributed by atoms with Crippen LogP contribution in [0.25, 0.3) is 0 Å². The topological polar surface area (TPSA) is 21.3 Å². The van der Waals surface area contributed by atoms with Crippen LogP contribution in [-0.2, 0) is 0 Å². The monoisotopic (exact) mass is 269 g/mol. The first-order valence-electron chi connectivity index (χ1n) is 7.30. The Morgan fingerprint density at radius 2 is 1.70 bits per heavy atom. The van der Waals surface area contributed by atoms with Gasteiger partial charge in [-0.15, -0.1) is 0 Å². The third-order valence-electron chi connectivity index (χ3n) is 3.34. The highest BCUT2D eigenvalue weighted by Gasteiger charge is 2.08. The first-order valence-corrected chi connectivity index (χ1v) is 7.30. The van der Waals surface area contributed by atoms with E-state index in [9.17, 15) is 0 Å². The maximum atomic E-state index is 5.94. The molecule has 2 nitrogen and oxygen atoms in total. The van der Waals surface area contributed by atoms with E-state index in [4.69, 9.17) is 4.74 Å². The molecule has 106 valence electrons. The molecule has 0 saturated heterocycles. The van der Waals surface area contributed by atoms with Crippen LogP contribution in [0.2, 0.25) is 0 Å². The Bertz CT molecular complexity index is 551. The van der Waals surface area contributed by atoms with E-state index < -0.39 is 0 Å². The average Bonchev–Trinajstić information content (AvgIpc) is 2.45. The second-order valence-corrected chi connectivity index (χ2v) is 5.01. The summed E-state index contributed by atoms with van der Waals surface area (Å²) in [6.07, 6.45) is 1.07. The van der Waals surface area contributed by atoms with Gasteiger partial charge in [-0.1, -0.05) is 38.1 Å². The Balaban J connectivity index is 2.17. The predicted molar refractivity (Wildman–Crippen MR) is 84.4 cm³/mol. The summed E-state index contributed by atoms with van der Waals surface area (Å²) in [6.45, 7) is 7.38. The number of benzene rings is 2. The minimum absolute atomic E-state index is 0.390. The molecule has 1 N–H and O–H groups in total. The molecule has 20 heavy (non-hydrogen) atoms. The quantitative estimate of drug-likeness (QED) is 0.809. The lowest BCUT2D eigenvalue weighted by Gasteiger charge is -2.17. The van der Waals surface area contributed by atoms with Crippen LogP contribution in [0.15, 0.2) is 48.5 Å². The van der Waals surface area contributed by atoms with E-state index >= 15 is 0 Å². The summed E-state index contributed by atoms with van der Waals surface area (Å²) in [5, 5.41) is 3.49. The molecule has 0 aliphatic heterocycles. The fourth-order valence-corrected chi connectivity index (χ4v) is 2.35. The highest BCUT2D eigenvalue weighted by Crippen LogP contribution is 2.26. The predicted octanol–water partition coefficient (Wildman–Crippen LogP) is 4.85. The third-order valence-corrected chi connectivity index (χ3v) is 3.34. The lowest BCUT2D eigenvalue weighted by molar-refractivity contribution is 0.477. The lowest BCUT2D eigenvalue weighted by atomic mass is 10.0. The Kier molecular flexibility index (Phi) is 5.19. The first-order chi connectivity index (χ1) is 9.72. The van der Waals surface area contributed by atoms with Gasteiger partial charge in [0, 0.05) is 6.04 Å². The summed E-state index contributed by atoms with van der Waals surface area (Å²) in [5.41, 5.74) is 2.48. The van der Waals surface area contributed by atoms with Crippen molar-refractivity contribution < 1.29 is 4.74 Å². The summed E-state index contributed by atoms with van der Waals surface area (Å²) in [5.74, 6) is 1.78. The molecule has 0 bridgehead atoms. The van der Waals surface area contributed by atoms with Gasteiger partial charge < -0.3 is 10.1 Å². The minimum atomic E-state index is 0.390. The van der Waals surface area contributed by atoms with E-state index in [1.165, 1.54) is 11.1 Å². The van der Waals surface area contributed by atoms with Gasteiger partial charge in [0.15, 0.2) is 0 Å². The number of rotatable bonds is 6. The molecule has 2 rings (SSSR count). The van der Waals surface area contributed by atoms with Crippen molar-refractivity contribution in [3.63, 3.8) is 0 Å². The van der Waals surface area contributed by atoms with E-state index in [2.05, 4.69) is 50.4 Å². The van der Waals surface area contributed by atoms with Gasteiger partial charge in [-0.3, -0.25) is 0 Å². The van der Waals surface area contributed by atoms with Crippen LogP contribution < -0.4 is 10.1 Å². The molecule has 2 heteroatoms. The third kappa shape index (κ3) is 3.84. The van der Waals surface area contributed by atoms with Crippen molar-refractivity contribution in [3.8, 4) is 11.5 Å². The van der Waals surface area contributed by atoms with E-state index in [0.29, 0.717) is 6.04 Å². The van der Waals surface area contributed by atoms with Gasteiger partial charge in [0.25, 0.3) is 0 Å². The Morgan fingerprint density at radius 3 is 2.35 bits per heavy atom. The maximum absolute atomic E-state index is 5.94. The summed E-state index contributed by atoms with van der Waals surface area (Å²) < 4.78 is 5.94. The van der Waals surface area contributed by atoms with Gasteiger partial charge in [-0.05, 0) is 55.3 Å². The summed E-state index contributed by atoms with van der Waals surface area (Å²) >= 11 is 0. The molecule has 0 aliphatic carbocycles. The molecule has 1 unspecified atom stereocenters. The Morgan fingerprint density at radius 1 is 1.00 bits per heavy atom. The average molecular weight is 269 g/mol. The summed E-state index contributed by atoms with van der Waals surface area (Å²) in [4.78, 5) is 0. The van der Waals surface area contributed by atoms with Crippen molar-refractivity contribution >= 4 is 0 Å². The second kappa shape index (κ2) is 7.11. The zero-order valence-electron chi connectivity index (χ0n) is 12.5. The standard InChI is InChI=1S/C18H23NO/c1-4-18(19-5-2)15-9-7-11-17(13-15)20-16-10-6-8-14(3)12-16/h6-13,18-19H,4-5H2,1-3H3. The fraction of sp³-hybridized carbons (Fsp3) is 0.333. The second-order valence-electron chi connectivity index (χ2n) is 5.01. The van der Waals surface area contributed by atoms with E-state index in [1.807, 2.05) is 24.3 Å². The molecule has 0 radical (unpaired) electrons. The molecule has 1 atom stereocenters. The van der Waals surface area contributed by atoms with Crippen molar-refractivity contribution in [1.29, 1.82) is 0 Å². The molecule has 2 aromatic rings. The van der Waals surface area contributed by atoms with Crippen molar-refractivity contribution in [3.05, 3.63) is 59.7 Å². The first kappa shape index (κ1) is 14.6. The van der Waals surface area contributed by atoms with Crippen LogP contribution >= 0.6 is 0 Å². The largest absolute Gasteiger partial charge is 0.457 e. The molecule has 0 heterocycles. The zero-order chi connectivity index (χ0) is 14.4. The maximum Gasteiger partial charge on any atom is 0.127 e. The molecule has 0 aromatic heterocycles. The van der Waals surface area contributed by atoms with Gasteiger partial charge in [-0.2, -0.15) is 0 Å². The number of hydrogen-bond acceptors (Lipinski definition) is 2. The molecular weight excluding hydrogens is 246 g/mol.